The number of amides is 2. The minimum atomic E-state index is -0.758. The summed E-state index contributed by atoms with van der Waals surface area (Å²) in [5, 5.41) is 17.4. The summed E-state index contributed by atoms with van der Waals surface area (Å²) in [6.45, 7) is 0.542. The van der Waals surface area contributed by atoms with Gasteiger partial charge in [-0.2, -0.15) is 0 Å². The van der Waals surface area contributed by atoms with Gasteiger partial charge in [-0.15, -0.1) is 0 Å². The molecule has 3 aromatic rings. The molecule has 0 unspecified atom stereocenters. The van der Waals surface area contributed by atoms with Gasteiger partial charge in [-0.3, -0.25) is 0 Å². The summed E-state index contributed by atoms with van der Waals surface area (Å²) >= 11 is 5.83. The number of halogens is 1. The zero-order valence-corrected chi connectivity index (χ0v) is 14.6. The molecule has 0 bridgehead atoms. The molecule has 0 aliphatic heterocycles. The maximum absolute atomic E-state index is 11.9. The van der Waals surface area contributed by atoms with Crippen LogP contribution in [0.4, 0.5) is 4.79 Å². The van der Waals surface area contributed by atoms with Gasteiger partial charge in [-0.05, 0) is 46.8 Å². The fourth-order valence-electron chi connectivity index (χ4n) is 2.66. The van der Waals surface area contributed by atoms with Gasteiger partial charge >= 0.3 is 6.03 Å². The molecule has 0 radical (unpaired) electrons. The zero-order chi connectivity index (χ0) is 17.8. The van der Waals surface area contributed by atoms with E-state index in [-0.39, 0.29) is 12.6 Å². The standard InChI is InChI=1S/C19H20ClN3O2/c1-23-9-8-14-10-15(4-7-17(14)23)18(24)12-22-19(25)21-11-13-2-5-16(20)6-3-13/h2-10,18,24H,11-12H2,1H3,(H2,21,22,25)/t18-/m1/s1. The van der Waals surface area contributed by atoms with E-state index in [9.17, 15) is 9.90 Å². The van der Waals surface area contributed by atoms with Crippen LogP contribution in [0.2, 0.25) is 5.02 Å². The molecule has 2 amide bonds. The smallest absolute Gasteiger partial charge is 0.315 e. The number of aryl methyl sites for hydroxylation is 1. The average molecular weight is 358 g/mol. The van der Waals surface area contributed by atoms with E-state index < -0.39 is 6.10 Å². The lowest BCUT2D eigenvalue weighted by atomic mass is 10.1. The van der Waals surface area contributed by atoms with Crippen molar-refractivity contribution < 1.29 is 9.90 Å². The fourth-order valence-corrected chi connectivity index (χ4v) is 2.79. The number of aromatic nitrogens is 1. The van der Waals surface area contributed by atoms with Crippen molar-refractivity contribution in [2.24, 2.45) is 7.05 Å². The minimum absolute atomic E-state index is 0.144. The van der Waals surface area contributed by atoms with Gasteiger partial charge < -0.3 is 20.3 Å². The highest BCUT2D eigenvalue weighted by atomic mass is 35.5. The van der Waals surface area contributed by atoms with Gasteiger partial charge in [0, 0.05) is 36.9 Å². The second-order valence-corrected chi connectivity index (χ2v) is 6.39. The van der Waals surface area contributed by atoms with Gasteiger partial charge in [0.15, 0.2) is 0 Å². The molecule has 3 rings (SSSR count). The molecule has 0 fully saturated rings. The molecule has 6 heteroatoms. The second-order valence-electron chi connectivity index (χ2n) is 5.95. The molecular weight excluding hydrogens is 338 g/mol. The molecule has 5 nitrogen and oxygen atoms in total. The molecular formula is C19H20ClN3O2. The van der Waals surface area contributed by atoms with E-state index >= 15 is 0 Å². The van der Waals surface area contributed by atoms with Crippen LogP contribution in [0.15, 0.2) is 54.7 Å². The largest absolute Gasteiger partial charge is 0.387 e. The Bertz CT molecular complexity index is 874. The van der Waals surface area contributed by atoms with Crippen molar-refractivity contribution in [2.75, 3.05) is 6.54 Å². The number of nitrogens with zero attached hydrogens (tertiary/aromatic N) is 1. The zero-order valence-electron chi connectivity index (χ0n) is 13.9. The Hall–Kier alpha value is -2.50. The van der Waals surface area contributed by atoms with Crippen molar-refractivity contribution in [3.8, 4) is 0 Å². The number of benzene rings is 2. The Morgan fingerprint density at radius 2 is 1.92 bits per heavy atom. The third-order valence-electron chi connectivity index (χ3n) is 4.12. The molecule has 0 aliphatic carbocycles. The van der Waals surface area contributed by atoms with Crippen molar-refractivity contribution >= 4 is 28.5 Å². The van der Waals surface area contributed by atoms with Crippen LogP contribution in [0, 0.1) is 0 Å². The van der Waals surface area contributed by atoms with Crippen LogP contribution in [0.3, 0.4) is 0 Å². The third-order valence-corrected chi connectivity index (χ3v) is 4.37. The van der Waals surface area contributed by atoms with Crippen LogP contribution in [-0.2, 0) is 13.6 Å². The van der Waals surface area contributed by atoms with E-state index in [0.29, 0.717) is 11.6 Å². The van der Waals surface area contributed by atoms with Crippen molar-refractivity contribution in [1.82, 2.24) is 15.2 Å². The van der Waals surface area contributed by atoms with E-state index in [2.05, 4.69) is 10.6 Å². The first-order valence-electron chi connectivity index (χ1n) is 8.02. The highest BCUT2D eigenvalue weighted by Gasteiger charge is 2.11. The minimum Gasteiger partial charge on any atom is -0.387 e. The number of aliphatic hydroxyl groups is 1. The van der Waals surface area contributed by atoms with Gasteiger partial charge in [-0.1, -0.05) is 29.8 Å². The normalized spacial score (nSPS) is 12.1. The number of rotatable bonds is 5. The highest BCUT2D eigenvalue weighted by Crippen LogP contribution is 2.20. The summed E-state index contributed by atoms with van der Waals surface area (Å²) in [7, 11) is 1.98. The predicted molar refractivity (Wildman–Crippen MR) is 99.6 cm³/mol. The highest BCUT2D eigenvalue weighted by molar-refractivity contribution is 6.30. The molecule has 25 heavy (non-hydrogen) atoms. The number of hydrogen-bond donors (Lipinski definition) is 3. The van der Waals surface area contributed by atoms with Gasteiger partial charge in [-0.25, -0.2) is 4.79 Å². The van der Waals surface area contributed by atoms with Crippen LogP contribution in [0.5, 0.6) is 0 Å². The summed E-state index contributed by atoms with van der Waals surface area (Å²) in [6.07, 6.45) is 1.22. The van der Waals surface area contributed by atoms with Crippen molar-refractivity contribution in [3.63, 3.8) is 0 Å². The SMILES string of the molecule is Cn1ccc2cc([C@H](O)CNC(=O)NCc3ccc(Cl)cc3)ccc21. The third kappa shape index (κ3) is 4.32. The van der Waals surface area contributed by atoms with E-state index in [1.54, 1.807) is 12.1 Å². The quantitative estimate of drug-likeness (QED) is 0.655. The predicted octanol–water partition coefficient (Wildman–Crippen LogP) is 3.36. The first kappa shape index (κ1) is 17.3. The molecule has 0 saturated heterocycles. The molecule has 0 spiro atoms. The van der Waals surface area contributed by atoms with E-state index in [1.165, 1.54) is 0 Å². The number of carbonyl (C=O) groups is 1. The molecule has 2 aromatic carbocycles. The average Bonchev–Trinajstić information content (AvgIpc) is 2.99. The number of nitrogens with one attached hydrogen (secondary N) is 2. The topological polar surface area (TPSA) is 66.3 Å². The van der Waals surface area contributed by atoms with Crippen LogP contribution in [0.25, 0.3) is 10.9 Å². The van der Waals surface area contributed by atoms with Crippen molar-refractivity contribution in [1.29, 1.82) is 0 Å². The first-order valence-corrected chi connectivity index (χ1v) is 8.40. The number of aliphatic hydroxyl groups excluding tert-OH is 1. The van der Waals surface area contributed by atoms with Crippen LogP contribution in [-0.4, -0.2) is 22.2 Å². The lowest BCUT2D eigenvalue weighted by molar-refractivity contribution is 0.173. The second kappa shape index (κ2) is 7.59. The Labute approximate surface area is 151 Å². The summed E-state index contributed by atoms with van der Waals surface area (Å²) < 4.78 is 2.02. The van der Waals surface area contributed by atoms with Crippen LogP contribution in [0.1, 0.15) is 17.2 Å². The monoisotopic (exact) mass is 357 g/mol. The summed E-state index contributed by atoms with van der Waals surface area (Å²) in [5.41, 5.74) is 2.83. The summed E-state index contributed by atoms with van der Waals surface area (Å²) in [6, 6.07) is 14.7. The molecule has 1 aromatic heterocycles. The fraction of sp³-hybridized carbons (Fsp3) is 0.211. The molecule has 3 N–H and O–H groups in total. The van der Waals surface area contributed by atoms with E-state index in [1.807, 2.05) is 54.2 Å². The van der Waals surface area contributed by atoms with Gasteiger partial charge in [0.2, 0.25) is 0 Å². The van der Waals surface area contributed by atoms with Crippen molar-refractivity contribution in [3.05, 3.63) is 70.9 Å². The Morgan fingerprint density at radius 1 is 1.16 bits per heavy atom. The van der Waals surface area contributed by atoms with Gasteiger partial charge in [0.05, 0.1) is 6.10 Å². The molecule has 0 aliphatic rings. The lowest BCUT2D eigenvalue weighted by Crippen LogP contribution is -2.37. The Kier molecular flexibility index (Phi) is 5.26. The van der Waals surface area contributed by atoms with Crippen LogP contribution >= 0.6 is 11.6 Å². The maximum Gasteiger partial charge on any atom is 0.315 e. The maximum atomic E-state index is 11.9. The number of carbonyl (C=O) groups excluding carboxylic acids is 1. The van der Waals surface area contributed by atoms with Gasteiger partial charge in [0.25, 0.3) is 0 Å². The summed E-state index contributed by atoms with van der Waals surface area (Å²) in [5.74, 6) is 0. The Morgan fingerprint density at radius 3 is 2.68 bits per heavy atom. The Balaban J connectivity index is 1.51. The number of urea groups is 1. The first-order chi connectivity index (χ1) is 12.0. The van der Waals surface area contributed by atoms with Crippen LogP contribution < -0.4 is 10.6 Å². The molecule has 1 atom stereocenters. The molecule has 130 valence electrons. The number of hydrogen-bond acceptors (Lipinski definition) is 2. The lowest BCUT2D eigenvalue weighted by Gasteiger charge is -2.13. The summed E-state index contributed by atoms with van der Waals surface area (Å²) in [4.78, 5) is 11.9. The molecule has 0 saturated carbocycles. The van der Waals surface area contributed by atoms with E-state index in [4.69, 9.17) is 11.6 Å². The van der Waals surface area contributed by atoms with E-state index in [0.717, 1.165) is 22.0 Å². The van der Waals surface area contributed by atoms with Crippen molar-refractivity contribution in [2.45, 2.75) is 12.6 Å². The number of fused-ring (bicyclic) bond motifs is 1. The van der Waals surface area contributed by atoms with Gasteiger partial charge in [0.1, 0.15) is 0 Å². The molecule has 1 heterocycles.